The molecule has 1 aromatic carbocycles. The van der Waals surface area contributed by atoms with Gasteiger partial charge in [0, 0.05) is 45.8 Å². The molecule has 5 nitrogen and oxygen atoms in total. The highest BCUT2D eigenvalue weighted by Crippen LogP contribution is 2.19. The van der Waals surface area contributed by atoms with Crippen LogP contribution in [0.5, 0.6) is 5.75 Å². The first-order chi connectivity index (χ1) is 10.2. The lowest BCUT2D eigenvalue weighted by atomic mass is 10.1. The summed E-state index contributed by atoms with van der Waals surface area (Å²) in [7, 11) is 3.71. The second-order valence-electron chi connectivity index (χ2n) is 5.65. The van der Waals surface area contributed by atoms with Crippen LogP contribution >= 0.6 is 0 Å². The van der Waals surface area contributed by atoms with Crippen LogP contribution in [0.1, 0.15) is 11.7 Å². The maximum absolute atomic E-state index is 10.3. The van der Waals surface area contributed by atoms with Gasteiger partial charge < -0.3 is 20.1 Å². The molecule has 0 aliphatic carbocycles. The van der Waals surface area contributed by atoms with Crippen LogP contribution in [0.15, 0.2) is 24.3 Å². The van der Waals surface area contributed by atoms with E-state index in [0.29, 0.717) is 6.54 Å². The second-order valence-corrected chi connectivity index (χ2v) is 5.65. The summed E-state index contributed by atoms with van der Waals surface area (Å²) in [5.41, 5.74) is 0.906. The van der Waals surface area contributed by atoms with Crippen molar-refractivity contribution in [2.75, 3.05) is 60.0 Å². The number of benzene rings is 1. The largest absolute Gasteiger partial charge is 0.497 e. The number of ether oxygens (including phenoxy) is 1. The van der Waals surface area contributed by atoms with Crippen LogP contribution in [0, 0.1) is 0 Å². The number of hydrogen-bond donors (Lipinski definition) is 2. The van der Waals surface area contributed by atoms with Gasteiger partial charge in [-0.2, -0.15) is 0 Å². The average Bonchev–Trinajstić information content (AvgIpc) is 2.54. The van der Waals surface area contributed by atoms with Crippen molar-refractivity contribution in [3.8, 4) is 5.75 Å². The lowest BCUT2D eigenvalue weighted by Crippen LogP contribution is -2.46. The fourth-order valence-corrected chi connectivity index (χ4v) is 2.59. The van der Waals surface area contributed by atoms with Crippen molar-refractivity contribution in [1.29, 1.82) is 0 Å². The van der Waals surface area contributed by atoms with Gasteiger partial charge >= 0.3 is 0 Å². The van der Waals surface area contributed by atoms with Gasteiger partial charge in [0.1, 0.15) is 5.75 Å². The zero-order chi connectivity index (χ0) is 15.1. The molecule has 1 heterocycles. The summed E-state index contributed by atoms with van der Waals surface area (Å²) in [6.45, 7) is 7.06. The molecule has 0 amide bonds. The first-order valence-corrected chi connectivity index (χ1v) is 7.62. The highest BCUT2D eigenvalue weighted by atomic mass is 16.5. The van der Waals surface area contributed by atoms with E-state index in [2.05, 4.69) is 22.2 Å². The highest BCUT2D eigenvalue weighted by Gasteiger charge is 2.14. The molecule has 1 saturated heterocycles. The third-order valence-corrected chi connectivity index (χ3v) is 3.97. The van der Waals surface area contributed by atoms with Gasteiger partial charge in [0.05, 0.1) is 13.2 Å². The Labute approximate surface area is 127 Å². The quantitative estimate of drug-likeness (QED) is 0.769. The summed E-state index contributed by atoms with van der Waals surface area (Å²) in [6.07, 6.45) is -0.479. The number of nitrogens with zero attached hydrogens (tertiary/aromatic N) is 2. The first kappa shape index (κ1) is 16.2. The smallest absolute Gasteiger partial charge is 0.119 e. The highest BCUT2D eigenvalue weighted by molar-refractivity contribution is 5.29. The zero-order valence-corrected chi connectivity index (χ0v) is 13.1. The number of rotatable bonds is 7. The van der Waals surface area contributed by atoms with Crippen LogP contribution in [0.25, 0.3) is 0 Å². The summed E-state index contributed by atoms with van der Waals surface area (Å²) < 4.78 is 5.20. The fraction of sp³-hybridized carbons (Fsp3) is 0.625. The van der Waals surface area contributed by atoms with Crippen LogP contribution < -0.4 is 10.1 Å². The molecular weight excluding hydrogens is 266 g/mol. The first-order valence-electron chi connectivity index (χ1n) is 7.62. The molecule has 1 fully saturated rings. The molecule has 1 aromatic rings. The van der Waals surface area contributed by atoms with E-state index in [1.807, 2.05) is 24.3 Å². The van der Waals surface area contributed by atoms with Crippen LogP contribution in [-0.2, 0) is 0 Å². The maximum Gasteiger partial charge on any atom is 0.119 e. The van der Waals surface area contributed by atoms with E-state index < -0.39 is 6.10 Å². The number of hydrogen-bond acceptors (Lipinski definition) is 5. The SMILES string of the molecule is COc1cccc(C(O)CN(C)CCN2CCNCC2)c1. The van der Waals surface area contributed by atoms with Gasteiger partial charge in [-0.25, -0.2) is 0 Å². The molecule has 1 aliphatic heterocycles. The molecule has 0 aromatic heterocycles. The van der Waals surface area contributed by atoms with Crippen LogP contribution in [0.2, 0.25) is 0 Å². The minimum absolute atomic E-state index is 0.479. The molecule has 0 spiro atoms. The second kappa shape index (κ2) is 8.34. The van der Waals surface area contributed by atoms with Crippen LogP contribution in [0.4, 0.5) is 0 Å². The van der Waals surface area contributed by atoms with Gasteiger partial charge in [-0.05, 0) is 24.7 Å². The van der Waals surface area contributed by atoms with Gasteiger partial charge in [0.15, 0.2) is 0 Å². The topological polar surface area (TPSA) is 48.0 Å². The standard InChI is InChI=1S/C16H27N3O2/c1-18(10-11-19-8-6-17-7-9-19)13-16(20)14-4-3-5-15(12-14)21-2/h3-5,12,16-17,20H,6-11,13H2,1-2H3. The molecule has 118 valence electrons. The molecule has 2 rings (SSSR count). The monoisotopic (exact) mass is 293 g/mol. The number of piperazine rings is 1. The van der Waals surface area contributed by atoms with Crippen molar-refractivity contribution < 1.29 is 9.84 Å². The molecule has 2 N–H and O–H groups in total. The number of aliphatic hydroxyl groups excluding tert-OH is 1. The summed E-state index contributed by atoms with van der Waals surface area (Å²) in [6, 6.07) is 7.65. The Balaban J connectivity index is 1.76. The van der Waals surface area contributed by atoms with E-state index in [-0.39, 0.29) is 0 Å². The minimum Gasteiger partial charge on any atom is -0.497 e. The van der Waals surface area contributed by atoms with Gasteiger partial charge in [0.2, 0.25) is 0 Å². The lowest BCUT2D eigenvalue weighted by Gasteiger charge is -2.29. The van der Waals surface area contributed by atoms with Crippen molar-refractivity contribution in [1.82, 2.24) is 15.1 Å². The average molecular weight is 293 g/mol. The molecule has 0 bridgehead atoms. The molecule has 21 heavy (non-hydrogen) atoms. The molecule has 1 aliphatic rings. The Morgan fingerprint density at radius 1 is 1.38 bits per heavy atom. The fourth-order valence-electron chi connectivity index (χ4n) is 2.59. The zero-order valence-electron chi connectivity index (χ0n) is 13.1. The van der Waals surface area contributed by atoms with Gasteiger partial charge in [0.25, 0.3) is 0 Å². The summed E-state index contributed by atoms with van der Waals surface area (Å²) in [4.78, 5) is 4.65. The van der Waals surface area contributed by atoms with Gasteiger partial charge in [-0.1, -0.05) is 12.1 Å². The Hall–Kier alpha value is -1.14. The summed E-state index contributed by atoms with van der Waals surface area (Å²) in [5.74, 6) is 0.787. The van der Waals surface area contributed by atoms with Gasteiger partial charge in [-0.3, -0.25) is 4.90 Å². The third-order valence-electron chi connectivity index (χ3n) is 3.97. The van der Waals surface area contributed by atoms with E-state index in [9.17, 15) is 5.11 Å². The van der Waals surface area contributed by atoms with Crippen molar-refractivity contribution in [3.05, 3.63) is 29.8 Å². The minimum atomic E-state index is -0.479. The third kappa shape index (κ3) is 5.28. The molecular formula is C16H27N3O2. The number of likely N-dealkylation sites (N-methyl/N-ethyl adjacent to an activating group) is 1. The van der Waals surface area contributed by atoms with Crippen molar-refractivity contribution in [3.63, 3.8) is 0 Å². The van der Waals surface area contributed by atoms with E-state index in [1.165, 1.54) is 0 Å². The number of nitrogens with one attached hydrogen (secondary N) is 1. The van der Waals surface area contributed by atoms with Crippen molar-refractivity contribution >= 4 is 0 Å². The number of methoxy groups -OCH3 is 1. The Kier molecular flexibility index (Phi) is 6.45. The lowest BCUT2D eigenvalue weighted by molar-refractivity contribution is 0.116. The molecule has 1 unspecified atom stereocenters. The molecule has 1 atom stereocenters. The van der Waals surface area contributed by atoms with E-state index >= 15 is 0 Å². The Morgan fingerprint density at radius 3 is 2.86 bits per heavy atom. The van der Waals surface area contributed by atoms with Crippen molar-refractivity contribution in [2.45, 2.75) is 6.10 Å². The van der Waals surface area contributed by atoms with E-state index in [4.69, 9.17) is 4.74 Å². The van der Waals surface area contributed by atoms with E-state index in [1.54, 1.807) is 7.11 Å². The van der Waals surface area contributed by atoms with Crippen LogP contribution in [-0.4, -0.2) is 74.9 Å². The molecule has 5 heteroatoms. The number of aliphatic hydroxyl groups is 1. The Bertz CT molecular complexity index is 422. The maximum atomic E-state index is 10.3. The predicted octanol–water partition coefficient (Wildman–Crippen LogP) is 0.566. The summed E-state index contributed by atoms with van der Waals surface area (Å²) >= 11 is 0. The summed E-state index contributed by atoms with van der Waals surface area (Å²) in [5, 5.41) is 13.7. The van der Waals surface area contributed by atoms with Gasteiger partial charge in [-0.15, -0.1) is 0 Å². The van der Waals surface area contributed by atoms with E-state index in [0.717, 1.165) is 50.6 Å². The molecule has 0 saturated carbocycles. The van der Waals surface area contributed by atoms with Crippen molar-refractivity contribution in [2.24, 2.45) is 0 Å². The normalized spacial score (nSPS) is 17.9. The molecule has 0 radical (unpaired) electrons. The Morgan fingerprint density at radius 2 is 2.14 bits per heavy atom. The van der Waals surface area contributed by atoms with Crippen LogP contribution in [0.3, 0.4) is 0 Å². The predicted molar refractivity (Wildman–Crippen MR) is 84.8 cm³/mol.